The number of esters is 1. The summed E-state index contributed by atoms with van der Waals surface area (Å²) in [7, 11) is 0.0420. The van der Waals surface area contributed by atoms with E-state index in [1.807, 2.05) is 19.1 Å². The highest BCUT2D eigenvalue weighted by molar-refractivity contribution is 7.86. The Balaban J connectivity index is 1.79. The monoisotopic (exact) mass is 935 g/mol. The fourth-order valence-electron chi connectivity index (χ4n) is 9.73. The zero-order valence-corrected chi connectivity index (χ0v) is 40.7. The van der Waals surface area contributed by atoms with Crippen molar-refractivity contribution in [3.8, 4) is 5.75 Å². The topological polar surface area (TPSA) is 270 Å². The number of carbonyl (C=O) groups is 1. The number of rotatable bonds is 12. The molecule has 18 atom stereocenters. The first kappa shape index (κ1) is 54.3. The lowest BCUT2D eigenvalue weighted by molar-refractivity contribution is -0.334. The normalized spacial score (nSPS) is 43.5. The van der Waals surface area contributed by atoms with Gasteiger partial charge in [-0.05, 0) is 104 Å². The first-order valence-corrected chi connectivity index (χ1v) is 23.8. The molecular weight excluding hydrogens is 857 g/mol. The van der Waals surface area contributed by atoms with Crippen LogP contribution >= 0.6 is 0 Å². The molecule has 1 aromatic carbocycles. The zero-order valence-electron chi connectivity index (χ0n) is 39.9. The predicted octanol–water partition coefficient (Wildman–Crippen LogP) is 1.62. The summed E-state index contributed by atoms with van der Waals surface area (Å²) in [5.74, 6) is -2.55. The second-order valence-electron chi connectivity index (χ2n) is 19.2. The number of carbonyl (C=O) groups excluding carboxylic acids is 1. The molecule has 0 saturated carbocycles. The van der Waals surface area contributed by atoms with Crippen molar-refractivity contribution in [3.63, 3.8) is 0 Å². The van der Waals surface area contributed by atoms with Crippen molar-refractivity contribution in [3.05, 3.63) is 24.3 Å². The number of likely N-dealkylation sites (N-methyl/N-ethyl adjacent to an activating group) is 1. The smallest absolute Gasteiger partial charge is 0.311 e. The second kappa shape index (κ2) is 21.3. The molecule has 0 aliphatic carbocycles. The van der Waals surface area contributed by atoms with Gasteiger partial charge in [-0.2, -0.15) is 12.7 Å². The van der Waals surface area contributed by atoms with E-state index in [0.717, 1.165) is 4.31 Å². The highest BCUT2D eigenvalue weighted by Gasteiger charge is 2.58. The maximum atomic E-state index is 14.4. The van der Waals surface area contributed by atoms with E-state index in [9.17, 15) is 38.7 Å². The van der Waals surface area contributed by atoms with Gasteiger partial charge in [-0.3, -0.25) is 4.79 Å². The summed E-state index contributed by atoms with van der Waals surface area (Å²) in [4.78, 5) is 14.4. The van der Waals surface area contributed by atoms with Gasteiger partial charge in [0, 0.05) is 44.8 Å². The molecule has 0 amide bonds. The standard InChI is InChI=1S/C44H78N4O15S/c1-14-33-43(10,53)37(50)28(6)46-22-24(2)20-41(8,52)38(63-40-35(49)32(19-25(3)59-40)48(11)64(45,55)56)26(4)36(27(5)39(51)61-33)62-34-21-42(9,58-13)44(54,29(7)60-34)23-47-30-15-17-31(57-12)18-16-30/h15-18,24-29,32-38,40,46-47,49-50,52-54H,14,19-23H2,1-13H3,(H2,45,55,56)/t24-,25-,26+,27-,28-,29+,32+,33-,34+,35-,36+,37-,38-,40+,41-,42-,43-,44+/m1/s1. The van der Waals surface area contributed by atoms with Crippen molar-refractivity contribution in [2.75, 3.05) is 39.7 Å². The van der Waals surface area contributed by atoms with Crippen LogP contribution in [0.4, 0.5) is 5.69 Å². The van der Waals surface area contributed by atoms with E-state index in [2.05, 4.69) is 10.6 Å². The Hall–Kier alpha value is -2.28. The first-order chi connectivity index (χ1) is 29.6. The number of aliphatic hydroxyl groups excluding tert-OH is 2. The molecule has 0 unspecified atom stereocenters. The van der Waals surface area contributed by atoms with Crippen molar-refractivity contribution in [2.45, 2.75) is 185 Å². The third-order valence-electron chi connectivity index (χ3n) is 14.1. The number of nitrogens with one attached hydrogen (secondary N) is 2. The summed E-state index contributed by atoms with van der Waals surface area (Å²) in [6, 6.07) is 5.47. The molecule has 3 saturated heterocycles. The minimum Gasteiger partial charge on any atom is -0.497 e. The molecule has 1 aromatic rings. The summed E-state index contributed by atoms with van der Waals surface area (Å²) in [6.45, 7) is 17.0. The molecule has 3 aliphatic heterocycles. The molecule has 0 bridgehead atoms. The van der Waals surface area contributed by atoms with Gasteiger partial charge in [-0.1, -0.05) is 20.8 Å². The Morgan fingerprint density at radius 2 is 1.59 bits per heavy atom. The highest BCUT2D eigenvalue weighted by Crippen LogP contribution is 2.43. The van der Waals surface area contributed by atoms with E-state index in [0.29, 0.717) is 11.4 Å². The van der Waals surface area contributed by atoms with Crippen LogP contribution in [0.3, 0.4) is 0 Å². The van der Waals surface area contributed by atoms with E-state index in [4.69, 9.17) is 38.3 Å². The number of aliphatic hydroxyl groups is 5. The number of methoxy groups -OCH3 is 2. The lowest BCUT2D eigenvalue weighted by Crippen LogP contribution is -2.69. The van der Waals surface area contributed by atoms with E-state index in [1.54, 1.807) is 74.6 Å². The third kappa shape index (κ3) is 12.1. The van der Waals surface area contributed by atoms with Crippen LogP contribution in [0.15, 0.2) is 24.3 Å². The van der Waals surface area contributed by atoms with Gasteiger partial charge < -0.3 is 69.3 Å². The molecule has 0 spiro atoms. The van der Waals surface area contributed by atoms with Crippen molar-refractivity contribution in [2.24, 2.45) is 22.9 Å². The van der Waals surface area contributed by atoms with Crippen LogP contribution in [0.2, 0.25) is 0 Å². The summed E-state index contributed by atoms with van der Waals surface area (Å²) in [5.41, 5.74) is -5.86. The number of cyclic esters (lactones) is 1. The van der Waals surface area contributed by atoms with Gasteiger partial charge in [0.25, 0.3) is 10.2 Å². The van der Waals surface area contributed by atoms with E-state index < -0.39 is 118 Å². The Bertz CT molecular complexity index is 1780. The van der Waals surface area contributed by atoms with Gasteiger partial charge in [-0.25, -0.2) is 5.14 Å². The molecule has 0 radical (unpaired) electrons. The minimum atomic E-state index is -4.25. The van der Waals surface area contributed by atoms with Crippen LogP contribution in [0.5, 0.6) is 5.75 Å². The molecule has 370 valence electrons. The fourth-order valence-corrected chi connectivity index (χ4v) is 10.3. The fraction of sp³-hybridized carbons (Fsp3) is 0.841. The van der Waals surface area contributed by atoms with Crippen LogP contribution in [0.1, 0.15) is 94.9 Å². The molecule has 20 heteroatoms. The summed E-state index contributed by atoms with van der Waals surface area (Å²) in [6.07, 6.45) is -10.5. The average molecular weight is 935 g/mol. The van der Waals surface area contributed by atoms with Gasteiger partial charge in [0.1, 0.15) is 40.9 Å². The van der Waals surface area contributed by atoms with Gasteiger partial charge >= 0.3 is 5.97 Å². The third-order valence-corrected chi connectivity index (χ3v) is 15.1. The minimum absolute atomic E-state index is 0.0124. The molecule has 3 heterocycles. The lowest BCUT2D eigenvalue weighted by atomic mass is 9.75. The number of benzene rings is 1. The number of nitrogens with zero attached hydrogens (tertiary/aromatic N) is 1. The van der Waals surface area contributed by atoms with E-state index in [1.165, 1.54) is 21.1 Å². The summed E-state index contributed by atoms with van der Waals surface area (Å²) in [5, 5.41) is 71.8. The van der Waals surface area contributed by atoms with Gasteiger partial charge in [-0.15, -0.1) is 0 Å². The number of anilines is 1. The number of hydrogen-bond donors (Lipinski definition) is 8. The van der Waals surface area contributed by atoms with Crippen LogP contribution in [0.25, 0.3) is 0 Å². The summed E-state index contributed by atoms with van der Waals surface area (Å²) >= 11 is 0. The van der Waals surface area contributed by atoms with Crippen molar-refractivity contribution in [1.82, 2.24) is 9.62 Å². The average Bonchev–Trinajstić information content (AvgIpc) is 3.23. The highest BCUT2D eigenvalue weighted by atomic mass is 32.2. The molecule has 64 heavy (non-hydrogen) atoms. The second-order valence-corrected chi connectivity index (χ2v) is 20.8. The van der Waals surface area contributed by atoms with Crippen molar-refractivity contribution >= 4 is 21.9 Å². The van der Waals surface area contributed by atoms with Crippen LogP contribution in [0, 0.1) is 17.8 Å². The maximum Gasteiger partial charge on any atom is 0.311 e. The molecule has 4 rings (SSSR count). The quantitative estimate of drug-likeness (QED) is 0.138. The molecule has 0 aromatic heterocycles. The number of nitrogens with two attached hydrogens (primary N) is 1. The summed E-state index contributed by atoms with van der Waals surface area (Å²) < 4.78 is 69.2. The zero-order chi connectivity index (χ0) is 48.3. The van der Waals surface area contributed by atoms with Crippen molar-refractivity contribution in [1.29, 1.82) is 0 Å². The molecule has 19 nitrogen and oxygen atoms in total. The molecular formula is C44H78N4O15S. The number of ether oxygens (including phenoxy) is 7. The van der Waals surface area contributed by atoms with Crippen LogP contribution in [-0.2, 0) is 43.4 Å². The SMILES string of the molecule is CC[C@H]1OC(=O)[C@H](C)[C@@H](O[C@H]2C[C@@](C)(OC)[C@](O)(CNc3ccc(OC)cc3)[C@H](C)O2)[C@H](C)[C@@H](O[C@@H]2O[C@H](C)C[C@H](N(C)S(N)(=O)=O)[C@H]2O)[C@](C)(O)C[C@@H](C)CN[C@H](C)[C@@H](O)[C@]1(C)O. The van der Waals surface area contributed by atoms with Crippen LogP contribution < -0.4 is 20.5 Å². The molecule has 3 fully saturated rings. The van der Waals surface area contributed by atoms with Crippen LogP contribution in [-0.4, -0.2) is 168 Å². The predicted molar refractivity (Wildman–Crippen MR) is 237 cm³/mol. The molecule has 9 N–H and O–H groups in total. The first-order valence-electron chi connectivity index (χ1n) is 22.3. The Morgan fingerprint density at radius 1 is 0.969 bits per heavy atom. The Labute approximate surface area is 379 Å². The largest absolute Gasteiger partial charge is 0.497 e. The van der Waals surface area contributed by atoms with Gasteiger partial charge in [0.15, 0.2) is 12.6 Å². The van der Waals surface area contributed by atoms with E-state index >= 15 is 0 Å². The molecule has 3 aliphatic rings. The lowest BCUT2D eigenvalue weighted by Gasteiger charge is -2.53. The van der Waals surface area contributed by atoms with Gasteiger partial charge in [0.05, 0.1) is 49.1 Å². The van der Waals surface area contributed by atoms with Gasteiger partial charge in [0.2, 0.25) is 0 Å². The Morgan fingerprint density at radius 3 is 2.16 bits per heavy atom. The maximum absolute atomic E-state index is 14.4. The van der Waals surface area contributed by atoms with E-state index in [-0.39, 0.29) is 44.7 Å². The Kier molecular flexibility index (Phi) is 18.1. The number of hydrogen-bond acceptors (Lipinski definition) is 17. The van der Waals surface area contributed by atoms with Crippen molar-refractivity contribution < 1.29 is 71.9 Å².